The highest BCUT2D eigenvalue weighted by molar-refractivity contribution is 7.88. The molecule has 0 aliphatic rings. The standard InChI is InChI=1S/C18H21NO3S.C16H19NO2/c1-4-15-5-7-16(8-6-15)13-19(23(3,20)21)14-17-9-11-18(22-2)12-10-17;1-18-15-7-3-13(4-8-15)11-17-12-14-5-9-16(19-2)10-6-14/h4-12H,1,13-14H2,2-3H3;3-10,17H,11-12H2,1-2H3. The second-order valence-corrected chi connectivity index (χ2v) is 11.6. The van der Waals surface area contributed by atoms with E-state index < -0.39 is 10.0 Å². The molecule has 0 atom stereocenters. The first-order chi connectivity index (χ1) is 20.2. The van der Waals surface area contributed by atoms with Gasteiger partial charge in [-0.05, 0) is 64.2 Å². The van der Waals surface area contributed by atoms with Crippen molar-refractivity contribution in [2.45, 2.75) is 26.2 Å². The first-order valence-corrected chi connectivity index (χ1v) is 15.3. The molecule has 0 saturated heterocycles. The van der Waals surface area contributed by atoms with Crippen molar-refractivity contribution in [3.8, 4) is 17.2 Å². The molecule has 0 bridgehead atoms. The Morgan fingerprint density at radius 1 is 0.619 bits per heavy atom. The van der Waals surface area contributed by atoms with Gasteiger partial charge in [0, 0.05) is 26.2 Å². The first-order valence-electron chi connectivity index (χ1n) is 13.5. The zero-order valence-electron chi connectivity index (χ0n) is 24.7. The van der Waals surface area contributed by atoms with Gasteiger partial charge in [-0.3, -0.25) is 0 Å². The summed E-state index contributed by atoms with van der Waals surface area (Å²) in [6.07, 6.45) is 2.99. The van der Waals surface area contributed by atoms with E-state index in [-0.39, 0.29) is 0 Å². The zero-order valence-corrected chi connectivity index (χ0v) is 25.6. The van der Waals surface area contributed by atoms with Crippen molar-refractivity contribution < 1.29 is 22.6 Å². The monoisotopic (exact) mass is 588 g/mol. The second kappa shape index (κ2) is 16.4. The van der Waals surface area contributed by atoms with Crippen molar-refractivity contribution in [2.24, 2.45) is 0 Å². The van der Waals surface area contributed by atoms with Crippen molar-refractivity contribution in [3.63, 3.8) is 0 Å². The maximum atomic E-state index is 12.1. The van der Waals surface area contributed by atoms with E-state index in [0.29, 0.717) is 13.1 Å². The highest BCUT2D eigenvalue weighted by Gasteiger charge is 2.17. The van der Waals surface area contributed by atoms with Gasteiger partial charge < -0.3 is 19.5 Å². The normalized spacial score (nSPS) is 10.9. The molecule has 0 radical (unpaired) electrons. The molecular formula is C34H40N2O5S. The number of hydrogen-bond acceptors (Lipinski definition) is 6. The van der Waals surface area contributed by atoms with Crippen LogP contribution in [0.3, 0.4) is 0 Å². The molecule has 42 heavy (non-hydrogen) atoms. The topological polar surface area (TPSA) is 77.1 Å². The van der Waals surface area contributed by atoms with Crippen molar-refractivity contribution in [1.29, 1.82) is 0 Å². The summed E-state index contributed by atoms with van der Waals surface area (Å²) in [6.45, 7) is 6.06. The third-order valence-corrected chi connectivity index (χ3v) is 7.73. The van der Waals surface area contributed by atoms with Crippen molar-refractivity contribution in [1.82, 2.24) is 9.62 Å². The molecule has 0 spiro atoms. The molecule has 0 aliphatic carbocycles. The van der Waals surface area contributed by atoms with Crippen LogP contribution in [0.4, 0.5) is 0 Å². The number of hydrogen-bond donors (Lipinski definition) is 1. The summed E-state index contributed by atoms with van der Waals surface area (Å²) in [4.78, 5) is 0. The highest BCUT2D eigenvalue weighted by Crippen LogP contribution is 2.18. The first kappa shape index (κ1) is 32.4. The van der Waals surface area contributed by atoms with Crippen LogP contribution in [0.2, 0.25) is 0 Å². The van der Waals surface area contributed by atoms with Gasteiger partial charge in [-0.1, -0.05) is 73.3 Å². The van der Waals surface area contributed by atoms with Crippen LogP contribution in [0.5, 0.6) is 17.2 Å². The van der Waals surface area contributed by atoms with Gasteiger partial charge in [-0.15, -0.1) is 0 Å². The molecule has 0 unspecified atom stereocenters. The number of nitrogens with zero attached hydrogens (tertiary/aromatic N) is 1. The number of rotatable bonds is 13. The minimum atomic E-state index is -3.31. The zero-order chi connectivity index (χ0) is 30.4. The molecule has 4 rings (SSSR count). The molecule has 0 aromatic heterocycles. The Balaban J connectivity index is 0.000000235. The molecule has 0 fully saturated rings. The van der Waals surface area contributed by atoms with Crippen LogP contribution >= 0.6 is 0 Å². The van der Waals surface area contributed by atoms with E-state index in [1.165, 1.54) is 21.7 Å². The molecule has 0 saturated carbocycles. The lowest BCUT2D eigenvalue weighted by Crippen LogP contribution is -2.29. The van der Waals surface area contributed by atoms with Crippen molar-refractivity contribution in [2.75, 3.05) is 27.6 Å². The van der Waals surface area contributed by atoms with Gasteiger partial charge in [0.25, 0.3) is 0 Å². The average Bonchev–Trinajstić information content (AvgIpc) is 3.02. The number of methoxy groups -OCH3 is 3. The number of sulfonamides is 1. The van der Waals surface area contributed by atoms with Crippen LogP contribution < -0.4 is 19.5 Å². The maximum absolute atomic E-state index is 12.1. The predicted octanol–water partition coefficient (Wildman–Crippen LogP) is 6.29. The molecule has 4 aromatic carbocycles. The van der Waals surface area contributed by atoms with Crippen LogP contribution in [0.15, 0.2) is 104 Å². The van der Waals surface area contributed by atoms with Gasteiger partial charge >= 0.3 is 0 Å². The van der Waals surface area contributed by atoms with Gasteiger partial charge in [0.2, 0.25) is 10.0 Å². The Bertz CT molecular complexity index is 1420. The van der Waals surface area contributed by atoms with Gasteiger partial charge in [-0.2, -0.15) is 4.31 Å². The Morgan fingerprint density at radius 2 is 0.952 bits per heavy atom. The van der Waals surface area contributed by atoms with E-state index in [9.17, 15) is 8.42 Å². The van der Waals surface area contributed by atoms with Gasteiger partial charge in [0.15, 0.2) is 0 Å². The lowest BCUT2D eigenvalue weighted by atomic mass is 10.1. The van der Waals surface area contributed by atoms with E-state index in [2.05, 4.69) is 36.2 Å². The summed E-state index contributed by atoms with van der Waals surface area (Å²) in [5.41, 5.74) is 5.35. The quantitative estimate of drug-likeness (QED) is 0.198. The summed E-state index contributed by atoms with van der Waals surface area (Å²) in [5.74, 6) is 2.53. The van der Waals surface area contributed by atoms with Crippen LogP contribution in [0.1, 0.15) is 27.8 Å². The molecule has 222 valence electrons. The Labute approximate surface area is 250 Å². The van der Waals surface area contributed by atoms with Gasteiger partial charge in [0.05, 0.1) is 27.6 Å². The number of benzene rings is 4. The van der Waals surface area contributed by atoms with Crippen LogP contribution in [-0.2, 0) is 36.2 Å². The predicted molar refractivity (Wildman–Crippen MR) is 170 cm³/mol. The largest absolute Gasteiger partial charge is 0.497 e. The minimum Gasteiger partial charge on any atom is -0.497 e. The molecule has 0 aliphatic heterocycles. The molecular weight excluding hydrogens is 548 g/mol. The summed E-state index contributed by atoms with van der Waals surface area (Å²) >= 11 is 0. The molecule has 8 heteroatoms. The SMILES string of the molecule is C=Cc1ccc(CN(Cc2ccc(OC)cc2)S(C)(=O)=O)cc1.COc1ccc(CNCc2ccc(OC)cc2)cc1. The van der Waals surface area contributed by atoms with Crippen LogP contribution in [0.25, 0.3) is 6.08 Å². The lowest BCUT2D eigenvalue weighted by molar-refractivity contribution is 0.402. The van der Waals surface area contributed by atoms with E-state index in [1.807, 2.05) is 72.8 Å². The maximum Gasteiger partial charge on any atom is 0.211 e. The summed E-state index contributed by atoms with van der Waals surface area (Å²) in [5, 5.41) is 3.41. The molecule has 1 N–H and O–H groups in total. The van der Waals surface area contributed by atoms with E-state index in [4.69, 9.17) is 14.2 Å². The Hall–Kier alpha value is -4.11. The second-order valence-electron chi connectivity index (χ2n) is 9.62. The molecule has 0 amide bonds. The van der Waals surface area contributed by atoms with E-state index >= 15 is 0 Å². The Kier molecular flexibility index (Phi) is 12.6. The average molecular weight is 589 g/mol. The fraction of sp³-hybridized carbons (Fsp3) is 0.235. The van der Waals surface area contributed by atoms with E-state index in [1.54, 1.807) is 27.4 Å². The highest BCUT2D eigenvalue weighted by atomic mass is 32.2. The summed E-state index contributed by atoms with van der Waals surface area (Å²) in [6, 6.07) is 31.3. The van der Waals surface area contributed by atoms with E-state index in [0.717, 1.165) is 47.0 Å². The lowest BCUT2D eigenvalue weighted by Gasteiger charge is -2.20. The number of nitrogens with one attached hydrogen (secondary N) is 1. The van der Waals surface area contributed by atoms with Crippen molar-refractivity contribution >= 4 is 16.1 Å². The fourth-order valence-electron chi connectivity index (χ4n) is 4.03. The third kappa shape index (κ3) is 10.7. The van der Waals surface area contributed by atoms with Gasteiger partial charge in [0.1, 0.15) is 17.2 Å². The third-order valence-electron chi connectivity index (χ3n) is 6.54. The van der Waals surface area contributed by atoms with Crippen molar-refractivity contribution in [3.05, 3.63) is 131 Å². The number of ether oxygens (including phenoxy) is 3. The van der Waals surface area contributed by atoms with Crippen LogP contribution in [0, 0.1) is 0 Å². The molecule has 0 heterocycles. The minimum absolute atomic E-state index is 0.325. The molecule has 7 nitrogen and oxygen atoms in total. The molecule has 4 aromatic rings. The van der Waals surface area contributed by atoms with Gasteiger partial charge in [-0.25, -0.2) is 8.42 Å². The van der Waals surface area contributed by atoms with Crippen LogP contribution in [-0.4, -0.2) is 40.3 Å². The summed E-state index contributed by atoms with van der Waals surface area (Å²) in [7, 11) is 1.65. The fourth-order valence-corrected chi connectivity index (χ4v) is 4.79. The summed E-state index contributed by atoms with van der Waals surface area (Å²) < 4.78 is 41.0. The Morgan fingerprint density at radius 3 is 1.26 bits per heavy atom. The smallest absolute Gasteiger partial charge is 0.211 e.